The van der Waals surface area contributed by atoms with Gasteiger partial charge in [0, 0.05) is 12.1 Å². The van der Waals surface area contributed by atoms with E-state index in [1.54, 1.807) is 11.3 Å². The molecule has 2 rings (SSSR count). The summed E-state index contributed by atoms with van der Waals surface area (Å²) in [6.45, 7) is 2.61. The van der Waals surface area contributed by atoms with Gasteiger partial charge in [0.05, 0.1) is 18.2 Å². The van der Waals surface area contributed by atoms with Crippen molar-refractivity contribution >= 4 is 22.9 Å². The molecule has 0 atom stereocenters. The van der Waals surface area contributed by atoms with Gasteiger partial charge in [0.25, 0.3) is 0 Å². The van der Waals surface area contributed by atoms with Crippen molar-refractivity contribution in [2.24, 2.45) is 0 Å². The normalized spacial score (nSPS) is 10.5. The Morgan fingerprint density at radius 3 is 2.94 bits per heavy atom. The first-order valence-electron chi connectivity index (χ1n) is 5.46. The van der Waals surface area contributed by atoms with E-state index in [1.807, 2.05) is 19.1 Å². The van der Waals surface area contributed by atoms with Crippen LogP contribution < -0.4 is 4.74 Å². The van der Waals surface area contributed by atoms with Crippen LogP contribution in [0.25, 0.3) is 0 Å². The molecule has 0 fully saturated rings. The SMILES string of the molecule is Cc1ccc(OCCc2ccsc2)c(CCl)n1. The highest BCUT2D eigenvalue weighted by Crippen LogP contribution is 2.19. The molecule has 2 aromatic rings. The van der Waals surface area contributed by atoms with Crippen molar-refractivity contribution in [3.63, 3.8) is 0 Å². The minimum Gasteiger partial charge on any atom is -0.491 e. The maximum absolute atomic E-state index is 5.84. The fourth-order valence-corrected chi connectivity index (χ4v) is 2.43. The van der Waals surface area contributed by atoms with E-state index in [0.29, 0.717) is 12.5 Å². The number of aryl methyl sites for hydroxylation is 1. The number of alkyl halides is 1. The van der Waals surface area contributed by atoms with E-state index in [4.69, 9.17) is 16.3 Å². The molecule has 0 aliphatic carbocycles. The zero-order valence-corrected chi connectivity index (χ0v) is 11.2. The van der Waals surface area contributed by atoms with Crippen LogP contribution in [0.2, 0.25) is 0 Å². The number of rotatable bonds is 5. The molecule has 0 aromatic carbocycles. The van der Waals surface area contributed by atoms with Gasteiger partial charge in [-0.2, -0.15) is 11.3 Å². The second-order valence-electron chi connectivity index (χ2n) is 3.76. The van der Waals surface area contributed by atoms with Gasteiger partial charge in [-0.15, -0.1) is 11.6 Å². The van der Waals surface area contributed by atoms with Crippen molar-refractivity contribution in [3.05, 3.63) is 45.9 Å². The Bertz CT molecular complexity index is 470. The van der Waals surface area contributed by atoms with Crippen LogP contribution in [0, 0.1) is 6.92 Å². The molecular weight excluding hydrogens is 254 g/mol. The minimum absolute atomic E-state index is 0.384. The van der Waals surface area contributed by atoms with E-state index < -0.39 is 0 Å². The van der Waals surface area contributed by atoms with Crippen LogP contribution in [-0.2, 0) is 12.3 Å². The van der Waals surface area contributed by atoms with Crippen LogP contribution in [0.3, 0.4) is 0 Å². The van der Waals surface area contributed by atoms with E-state index in [0.717, 1.165) is 23.6 Å². The van der Waals surface area contributed by atoms with E-state index in [2.05, 4.69) is 21.8 Å². The average molecular weight is 268 g/mol. The predicted octanol–water partition coefficient (Wildman–Crippen LogP) is 3.81. The second kappa shape index (κ2) is 6.03. The summed E-state index contributed by atoms with van der Waals surface area (Å²) in [4.78, 5) is 4.35. The van der Waals surface area contributed by atoms with E-state index in [9.17, 15) is 0 Å². The van der Waals surface area contributed by atoms with Crippen molar-refractivity contribution in [2.45, 2.75) is 19.2 Å². The van der Waals surface area contributed by atoms with E-state index >= 15 is 0 Å². The van der Waals surface area contributed by atoms with Gasteiger partial charge in [-0.3, -0.25) is 4.98 Å². The summed E-state index contributed by atoms with van der Waals surface area (Å²) in [5.41, 5.74) is 3.09. The van der Waals surface area contributed by atoms with E-state index in [1.165, 1.54) is 5.56 Å². The lowest BCUT2D eigenvalue weighted by Crippen LogP contribution is -2.04. The molecule has 0 saturated heterocycles. The van der Waals surface area contributed by atoms with Gasteiger partial charge in [-0.05, 0) is 41.4 Å². The number of thiophene rings is 1. The number of aromatic nitrogens is 1. The maximum Gasteiger partial charge on any atom is 0.142 e. The Morgan fingerprint density at radius 1 is 1.35 bits per heavy atom. The predicted molar refractivity (Wildman–Crippen MR) is 72.0 cm³/mol. The Morgan fingerprint density at radius 2 is 2.24 bits per heavy atom. The van der Waals surface area contributed by atoms with Crippen molar-refractivity contribution in [1.29, 1.82) is 0 Å². The van der Waals surface area contributed by atoms with Crippen LogP contribution in [0.4, 0.5) is 0 Å². The summed E-state index contributed by atoms with van der Waals surface area (Å²) >= 11 is 7.55. The van der Waals surface area contributed by atoms with Crippen molar-refractivity contribution in [1.82, 2.24) is 4.98 Å². The molecule has 2 aromatic heterocycles. The first-order valence-corrected chi connectivity index (χ1v) is 6.93. The monoisotopic (exact) mass is 267 g/mol. The third kappa shape index (κ3) is 3.45. The lowest BCUT2D eigenvalue weighted by atomic mass is 10.2. The zero-order valence-electron chi connectivity index (χ0n) is 9.65. The fraction of sp³-hybridized carbons (Fsp3) is 0.308. The Balaban J connectivity index is 1.94. The second-order valence-corrected chi connectivity index (χ2v) is 4.81. The molecule has 0 aliphatic heterocycles. The summed E-state index contributed by atoms with van der Waals surface area (Å²) < 4.78 is 5.71. The van der Waals surface area contributed by atoms with Crippen LogP contribution in [0.15, 0.2) is 29.0 Å². The highest BCUT2D eigenvalue weighted by atomic mass is 35.5. The first-order chi connectivity index (χ1) is 8.29. The first kappa shape index (κ1) is 12.4. The highest BCUT2D eigenvalue weighted by molar-refractivity contribution is 7.07. The molecule has 2 nitrogen and oxygen atoms in total. The van der Waals surface area contributed by atoms with Crippen molar-refractivity contribution < 1.29 is 4.74 Å². The third-order valence-corrected chi connectivity index (χ3v) is 3.41. The number of hydrogen-bond acceptors (Lipinski definition) is 3. The molecule has 0 radical (unpaired) electrons. The smallest absolute Gasteiger partial charge is 0.142 e. The molecule has 0 saturated carbocycles. The van der Waals surface area contributed by atoms with Gasteiger partial charge < -0.3 is 4.74 Å². The van der Waals surface area contributed by atoms with Crippen molar-refractivity contribution in [3.8, 4) is 5.75 Å². The highest BCUT2D eigenvalue weighted by Gasteiger charge is 2.04. The van der Waals surface area contributed by atoms with Crippen LogP contribution in [-0.4, -0.2) is 11.6 Å². The Labute approximate surface area is 110 Å². The molecule has 2 heterocycles. The average Bonchev–Trinajstić information content (AvgIpc) is 2.84. The molecule has 0 bridgehead atoms. The summed E-state index contributed by atoms with van der Waals surface area (Å²) in [6.07, 6.45) is 0.916. The lowest BCUT2D eigenvalue weighted by molar-refractivity contribution is 0.318. The van der Waals surface area contributed by atoms with Gasteiger partial charge in [0.15, 0.2) is 0 Å². The molecule has 17 heavy (non-hydrogen) atoms. The standard InChI is InChI=1S/C13H14ClNOS/c1-10-2-3-13(12(8-14)15-10)16-6-4-11-5-7-17-9-11/h2-3,5,7,9H,4,6,8H2,1H3. The molecule has 4 heteroatoms. The summed E-state index contributed by atoms with van der Waals surface area (Å²) in [5, 5.41) is 4.21. The largest absolute Gasteiger partial charge is 0.491 e. The summed E-state index contributed by atoms with van der Waals surface area (Å²) in [6, 6.07) is 5.99. The van der Waals surface area contributed by atoms with Crippen LogP contribution >= 0.6 is 22.9 Å². The molecular formula is C13H14ClNOS. The number of ether oxygens (including phenoxy) is 1. The van der Waals surface area contributed by atoms with Gasteiger partial charge >= 0.3 is 0 Å². The van der Waals surface area contributed by atoms with Gasteiger partial charge in [0.1, 0.15) is 5.75 Å². The summed E-state index contributed by atoms with van der Waals surface area (Å²) in [5.74, 6) is 1.18. The van der Waals surface area contributed by atoms with Crippen LogP contribution in [0.1, 0.15) is 17.0 Å². The molecule has 0 amide bonds. The molecule has 0 aliphatic rings. The fourth-order valence-electron chi connectivity index (χ4n) is 1.54. The zero-order chi connectivity index (χ0) is 12.1. The van der Waals surface area contributed by atoms with Gasteiger partial charge in [-0.25, -0.2) is 0 Å². The van der Waals surface area contributed by atoms with Crippen LogP contribution in [0.5, 0.6) is 5.75 Å². The topological polar surface area (TPSA) is 22.1 Å². The number of nitrogens with zero attached hydrogens (tertiary/aromatic N) is 1. The summed E-state index contributed by atoms with van der Waals surface area (Å²) in [7, 11) is 0. The molecule has 0 N–H and O–H groups in total. The Hall–Kier alpha value is -1.06. The van der Waals surface area contributed by atoms with E-state index in [-0.39, 0.29) is 0 Å². The number of hydrogen-bond donors (Lipinski definition) is 0. The minimum atomic E-state index is 0.384. The van der Waals surface area contributed by atoms with Gasteiger partial charge in [0.2, 0.25) is 0 Å². The molecule has 0 spiro atoms. The third-order valence-electron chi connectivity index (χ3n) is 2.43. The molecule has 90 valence electrons. The maximum atomic E-state index is 5.84. The quantitative estimate of drug-likeness (QED) is 0.769. The lowest BCUT2D eigenvalue weighted by Gasteiger charge is -2.09. The number of halogens is 1. The Kier molecular flexibility index (Phi) is 4.40. The van der Waals surface area contributed by atoms with Crippen molar-refractivity contribution in [2.75, 3.05) is 6.61 Å². The molecule has 0 unspecified atom stereocenters. The van der Waals surface area contributed by atoms with Gasteiger partial charge in [-0.1, -0.05) is 0 Å². The number of pyridine rings is 1.